The van der Waals surface area contributed by atoms with Gasteiger partial charge in [0.05, 0.1) is 12.2 Å². The predicted octanol–water partition coefficient (Wildman–Crippen LogP) is 2.84. The molecule has 0 aliphatic rings. The Hall–Kier alpha value is -2.74. The van der Waals surface area contributed by atoms with Gasteiger partial charge in [-0.2, -0.15) is 0 Å². The number of fused-ring (bicyclic) bond motifs is 1. The van der Waals surface area contributed by atoms with Crippen LogP contribution in [-0.2, 0) is 4.74 Å². The van der Waals surface area contributed by atoms with Crippen LogP contribution in [0.4, 0.5) is 5.69 Å². The molecule has 1 amide bonds. The van der Waals surface area contributed by atoms with E-state index in [2.05, 4.69) is 15.5 Å². The summed E-state index contributed by atoms with van der Waals surface area (Å²) in [4.78, 5) is 25.4. The van der Waals surface area contributed by atoms with Gasteiger partial charge in [-0.3, -0.25) is 9.20 Å². The first-order chi connectivity index (χ1) is 11.5. The minimum absolute atomic E-state index is 0.216. The van der Waals surface area contributed by atoms with Gasteiger partial charge in [-0.25, -0.2) is 4.79 Å². The highest BCUT2D eigenvalue weighted by atomic mass is 32.1. The maximum Gasteiger partial charge on any atom is 0.338 e. The molecule has 24 heavy (non-hydrogen) atoms. The number of hydrogen-bond acceptors (Lipinski definition) is 6. The summed E-state index contributed by atoms with van der Waals surface area (Å²) in [5, 5.41) is 10.9. The molecule has 0 saturated carbocycles. The van der Waals surface area contributed by atoms with E-state index < -0.39 is 0 Å². The number of anilines is 1. The summed E-state index contributed by atoms with van der Waals surface area (Å²) in [6.45, 7) is 5.78. The quantitative estimate of drug-likeness (QED) is 0.736. The molecule has 0 aliphatic carbocycles. The molecule has 1 aromatic carbocycles. The van der Waals surface area contributed by atoms with Gasteiger partial charge < -0.3 is 10.1 Å². The number of rotatable bonds is 4. The maximum absolute atomic E-state index is 12.5. The Labute approximate surface area is 142 Å². The molecule has 0 unspecified atom stereocenters. The molecule has 2 heterocycles. The van der Waals surface area contributed by atoms with Crippen LogP contribution in [0.1, 0.15) is 38.5 Å². The van der Waals surface area contributed by atoms with E-state index >= 15 is 0 Å². The summed E-state index contributed by atoms with van der Waals surface area (Å²) in [6.07, 6.45) is 0. The number of aryl methyl sites for hydroxylation is 2. The zero-order valence-corrected chi connectivity index (χ0v) is 14.3. The molecular weight excluding hydrogens is 328 g/mol. The molecule has 3 aromatic rings. The van der Waals surface area contributed by atoms with Gasteiger partial charge in [0, 0.05) is 11.4 Å². The van der Waals surface area contributed by atoms with Crippen LogP contribution in [-0.4, -0.2) is 33.1 Å². The summed E-state index contributed by atoms with van der Waals surface area (Å²) in [5.74, 6) is 0.150. The predicted molar refractivity (Wildman–Crippen MR) is 90.7 cm³/mol. The minimum Gasteiger partial charge on any atom is -0.462 e. The largest absolute Gasteiger partial charge is 0.462 e. The van der Waals surface area contributed by atoms with Crippen molar-refractivity contribution in [3.8, 4) is 0 Å². The van der Waals surface area contributed by atoms with Gasteiger partial charge in [-0.1, -0.05) is 11.3 Å². The Bertz CT molecular complexity index is 911. The molecule has 0 saturated heterocycles. The fourth-order valence-electron chi connectivity index (χ4n) is 2.36. The first-order valence-corrected chi connectivity index (χ1v) is 8.22. The van der Waals surface area contributed by atoms with E-state index in [4.69, 9.17) is 4.74 Å². The number of aromatic nitrogens is 3. The smallest absolute Gasteiger partial charge is 0.338 e. The summed E-state index contributed by atoms with van der Waals surface area (Å²) in [6, 6.07) is 6.58. The number of ether oxygens (including phenoxy) is 1. The number of carbonyl (C=O) groups excluding carboxylic acids is 2. The third kappa shape index (κ3) is 2.88. The second-order valence-electron chi connectivity index (χ2n) is 5.13. The third-order valence-electron chi connectivity index (χ3n) is 3.51. The highest BCUT2D eigenvalue weighted by Crippen LogP contribution is 2.24. The molecule has 8 heteroatoms. The van der Waals surface area contributed by atoms with Crippen LogP contribution in [0.2, 0.25) is 0 Å². The second-order valence-corrected chi connectivity index (χ2v) is 6.11. The Kier molecular flexibility index (Phi) is 4.30. The number of nitrogens with one attached hydrogen (secondary N) is 1. The van der Waals surface area contributed by atoms with Gasteiger partial charge in [0.15, 0.2) is 0 Å². The zero-order chi connectivity index (χ0) is 17.3. The number of esters is 1. The lowest BCUT2D eigenvalue weighted by Crippen LogP contribution is -2.12. The normalized spacial score (nSPS) is 10.8. The first-order valence-electron chi connectivity index (χ1n) is 7.41. The number of benzene rings is 1. The summed E-state index contributed by atoms with van der Waals surface area (Å²) < 4.78 is 6.78. The highest BCUT2D eigenvalue weighted by molar-refractivity contribution is 7.19. The molecule has 1 N–H and O–H groups in total. The lowest BCUT2D eigenvalue weighted by Gasteiger charge is -2.06. The second kappa shape index (κ2) is 6.40. The molecule has 0 aliphatic heterocycles. The van der Waals surface area contributed by atoms with Crippen molar-refractivity contribution >= 4 is 33.9 Å². The number of amides is 1. The van der Waals surface area contributed by atoms with Crippen molar-refractivity contribution < 1.29 is 14.3 Å². The van der Waals surface area contributed by atoms with Gasteiger partial charge in [0.1, 0.15) is 10.7 Å². The fraction of sp³-hybridized carbons (Fsp3) is 0.250. The van der Waals surface area contributed by atoms with Gasteiger partial charge >= 0.3 is 5.97 Å². The van der Waals surface area contributed by atoms with Crippen molar-refractivity contribution in [1.29, 1.82) is 0 Å². The van der Waals surface area contributed by atoms with Crippen molar-refractivity contribution in [3.05, 3.63) is 46.2 Å². The molecule has 0 atom stereocenters. The Morgan fingerprint density at radius 2 is 1.92 bits per heavy atom. The summed E-state index contributed by atoms with van der Waals surface area (Å²) in [7, 11) is 0. The molecule has 124 valence electrons. The van der Waals surface area contributed by atoms with Crippen LogP contribution in [0.5, 0.6) is 0 Å². The highest BCUT2D eigenvalue weighted by Gasteiger charge is 2.18. The van der Waals surface area contributed by atoms with Crippen LogP contribution in [0.3, 0.4) is 0 Å². The summed E-state index contributed by atoms with van der Waals surface area (Å²) >= 11 is 1.29. The van der Waals surface area contributed by atoms with E-state index in [1.54, 1.807) is 31.2 Å². The average Bonchev–Trinajstić information content (AvgIpc) is 3.09. The molecule has 0 spiro atoms. The number of thiazole rings is 1. The molecule has 0 bridgehead atoms. The monoisotopic (exact) mass is 344 g/mol. The SMILES string of the molecule is CCOC(=O)c1ccc(NC(=O)c2sc3nnc(C)n3c2C)cc1. The number of nitrogens with zero attached hydrogens (tertiary/aromatic N) is 3. The standard InChI is InChI=1S/C16H16N4O3S/c1-4-23-15(22)11-5-7-12(8-6-11)17-14(21)13-9(2)20-10(3)18-19-16(20)24-13/h5-8H,4H2,1-3H3,(H,17,21). The van der Waals surface area contributed by atoms with Gasteiger partial charge in [0.25, 0.3) is 5.91 Å². The summed E-state index contributed by atoms with van der Waals surface area (Å²) in [5.41, 5.74) is 1.86. The van der Waals surface area contributed by atoms with Crippen LogP contribution < -0.4 is 5.32 Å². The lowest BCUT2D eigenvalue weighted by atomic mass is 10.2. The third-order valence-corrected chi connectivity index (χ3v) is 4.64. The van der Waals surface area contributed by atoms with Crippen molar-refractivity contribution in [2.75, 3.05) is 11.9 Å². The minimum atomic E-state index is -0.381. The van der Waals surface area contributed by atoms with Crippen LogP contribution >= 0.6 is 11.3 Å². The van der Waals surface area contributed by atoms with E-state index in [1.807, 2.05) is 18.2 Å². The van der Waals surface area contributed by atoms with E-state index in [0.717, 1.165) is 11.5 Å². The Balaban J connectivity index is 1.78. The van der Waals surface area contributed by atoms with Gasteiger partial charge in [-0.05, 0) is 45.0 Å². The van der Waals surface area contributed by atoms with Crippen molar-refractivity contribution in [2.45, 2.75) is 20.8 Å². The van der Waals surface area contributed by atoms with E-state index in [9.17, 15) is 9.59 Å². The van der Waals surface area contributed by atoms with Crippen LogP contribution in [0.15, 0.2) is 24.3 Å². The molecule has 0 radical (unpaired) electrons. The van der Waals surface area contributed by atoms with Crippen molar-refractivity contribution in [1.82, 2.24) is 14.6 Å². The average molecular weight is 344 g/mol. The van der Waals surface area contributed by atoms with Crippen LogP contribution in [0, 0.1) is 13.8 Å². The molecular formula is C16H16N4O3S. The van der Waals surface area contributed by atoms with Gasteiger partial charge in [-0.15, -0.1) is 10.2 Å². The number of carbonyl (C=O) groups is 2. The van der Waals surface area contributed by atoms with Gasteiger partial charge in [0.2, 0.25) is 4.96 Å². The number of hydrogen-bond donors (Lipinski definition) is 1. The topological polar surface area (TPSA) is 85.6 Å². The van der Waals surface area contributed by atoms with Crippen LogP contribution in [0.25, 0.3) is 4.96 Å². The zero-order valence-electron chi connectivity index (χ0n) is 13.5. The fourth-order valence-corrected chi connectivity index (χ4v) is 3.37. The molecule has 3 rings (SSSR count). The molecule has 0 fully saturated rings. The molecule has 2 aromatic heterocycles. The Morgan fingerprint density at radius 3 is 2.54 bits per heavy atom. The van der Waals surface area contributed by atoms with E-state index in [-0.39, 0.29) is 11.9 Å². The van der Waals surface area contributed by atoms with E-state index in [1.165, 1.54) is 11.3 Å². The first kappa shape index (κ1) is 16.1. The maximum atomic E-state index is 12.5. The molecule has 7 nitrogen and oxygen atoms in total. The van der Waals surface area contributed by atoms with Crippen molar-refractivity contribution in [2.24, 2.45) is 0 Å². The lowest BCUT2D eigenvalue weighted by molar-refractivity contribution is 0.0526. The Morgan fingerprint density at radius 1 is 1.21 bits per heavy atom. The van der Waals surface area contributed by atoms with E-state index in [0.29, 0.717) is 27.7 Å². The van der Waals surface area contributed by atoms with Crippen molar-refractivity contribution in [3.63, 3.8) is 0 Å².